The monoisotopic (exact) mass is 353 g/mol. The van der Waals surface area contributed by atoms with E-state index < -0.39 is 47.4 Å². The van der Waals surface area contributed by atoms with E-state index in [0.29, 0.717) is 12.1 Å². The molecular weight excluding hydrogens is 341 g/mol. The first-order valence-corrected chi connectivity index (χ1v) is 6.81. The Bertz CT molecular complexity index is 653. The van der Waals surface area contributed by atoms with Gasteiger partial charge in [-0.25, -0.2) is 13.6 Å². The van der Waals surface area contributed by atoms with Gasteiger partial charge in [0, 0.05) is 6.54 Å². The van der Waals surface area contributed by atoms with E-state index in [9.17, 15) is 31.5 Å². The first-order valence-electron chi connectivity index (χ1n) is 6.81. The summed E-state index contributed by atoms with van der Waals surface area (Å²) in [4.78, 5) is 23.1. The van der Waals surface area contributed by atoms with E-state index in [1.54, 1.807) is 0 Å². The van der Waals surface area contributed by atoms with Gasteiger partial charge < -0.3 is 15.1 Å². The van der Waals surface area contributed by atoms with Crippen molar-refractivity contribution >= 4 is 12.1 Å². The van der Waals surface area contributed by atoms with Crippen LogP contribution in [0, 0.1) is 17.6 Å². The number of carbonyl (C=O) groups is 2. The summed E-state index contributed by atoms with van der Waals surface area (Å²) in [5, 5.41) is 18.2. The fourth-order valence-corrected chi connectivity index (χ4v) is 2.79. The van der Waals surface area contributed by atoms with Crippen LogP contribution in [0.5, 0.6) is 0 Å². The van der Waals surface area contributed by atoms with Crippen molar-refractivity contribution in [2.75, 3.05) is 6.54 Å². The summed E-state index contributed by atoms with van der Waals surface area (Å²) in [6.45, 7) is -0.207. The van der Waals surface area contributed by atoms with Gasteiger partial charge >= 0.3 is 18.2 Å². The van der Waals surface area contributed by atoms with Crippen LogP contribution in [0.1, 0.15) is 30.0 Å². The SMILES string of the molecule is O=C(O)C1CCN(C(=O)O)C(c2cc(F)c(C(F)(F)F)c(F)c2)C1. The number of hydrogen-bond acceptors (Lipinski definition) is 2. The second kappa shape index (κ2) is 6.25. The Morgan fingerprint density at radius 3 is 2.08 bits per heavy atom. The normalized spacial score (nSPS) is 21.6. The molecule has 132 valence electrons. The maximum absolute atomic E-state index is 13.7. The van der Waals surface area contributed by atoms with Gasteiger partial charge in [0.15, 0.2) is 0 Å². The highest BCUT2D eigenvalue weighted by atomic mass is 19.4. The van der Waals surface area contributed by atoms with Gasteiger partial charge in [0.25, 0.3) is 0 Å². The quantitative estimate of drug-likeness (QED) is 0.798. The Labute approximate surface area is 132 Å². The second-order valence-corrected chi connectivity index (χ2v) is 5.41. The third-order valence-electron chi connectivity index (χ3n) is 3.93. The zero-order valence-electron chi connectivity index (χ0n) is 12.0. The summed E-state index contributed by atoms with van der Waals surface area (Å²) < 4.78 is 65.2. The summed E-state index contributed by atoms with van der Waals surface area (Å²) >= 11 is 0. The number of hydrogen-bond donors (Lipinski definition) is 2. The van der Waals surface area contributed by atoms with E-state index in [1.165, 1.54) is 0 Å². The average Bonchev–Trinajstić information content (AvgIpc) is 2.44. The van der Waals surface area contributed by atoms with Crippen LogP contribution in [0.3, 0.4) is 0 Å². The zero-order chi connectivity index (χ0) is 18.2. The largest absolute Gasteiger partial charge is 0.481 e. The molecule has 1 aromatic rings. The Morgan fingerprint density at radius 1 is 1.12 bits per heavy atom. The Morgan fingerprint density at radius 2 is 1.67 bits per heavy atom. The van der Waals surface area contributed by atoms with Crippen molar-refractivity contribution in [2.45, 2.75) is 25.1 Å². The molecule has 1 amide bonds. The van der Waals surface area contributed by atoms with Crippen molar-refractivity contribution in [1.29, 1.82) is 0 Å². The van der Waals surface area contributed by atoms with Crippen LogP contribution in [0.2, 0.25) is 0 Å². The van der Waals surface area contributed by atoms with Gasteiger partial charge in [-0.1, -0.05) is 0 Å². The lowest BCUT2D eigenvalue weighted by atomic mass is 9.87. The van der Waals surface area contributed by atoms with Crippen LogP contribution in [-0.2, 0) is 11.0 Å². The van der Waals surface area contributed by atoms with Crippen LogP contribution in [0.4, 0.5) is 26.7 Å². The first-order chi connectivity index (χ1) is 11.0. The zero-order valence-corrected chi connectivity index (χ0v) is 12.0. The maximum atomic E-state index is 13.7. The second-order valence-electron chi connectivity index (χ2n) is 5.41. The van der Waals surface area contributed by atoms with Crippen LogP contribution < -0.4 is 0 Å². The molecule has 0 aliphatic carbocycles. The van der Waals surface area contributed by atoms with Crippen LogP contribution in [-0.4, -0.2) is 33.7 Å². The topological polar surface area (TPSA) is 77.8 Å². The van der Waals surface area contributed by atoms with Gasteiger partial charge in [-0.05, 0) is 30.5 Å². The smallest absolute Gasteiger partial charge is 0.422 e. The summed E-state index contributed by atoms with van der Waals surface area (Å²) in [5.41, 5.74) is -2.43. The van der Waals surface area contributed by atoms with E-state index >= 15 is 0 Å². The highest BCUT2D eigenvalue weighted by Crippen LogP contribution is 2.39. The number of carboxylic acids is 1. The van der Waals surface area contributed by atoms with Gasteiger partial charge in [0.1, 0.15) is 17.2 Å². The molecule has 10 heteroatoms. The molecule has 5 nitrogen and oxygen atoms in total. The number of benzene rings is 1. The van der Waals surface area contributed by atoms with Crippen LogP contribution in [0.25, 0.3) is 0 Å². The minimum atomic E-state index is -5.24. The highest BCUT2D eigenvalue weighted by molar-refractivity contribution is 5.71. The molecule has 0 aromatic heterocycles. The van der Waals surface area contributed by atoms with Crippen molar-refractivity contribution in [1.82, 2.24) is 4.90 Å². The first kappa shape index (κ1) is 18.0. The van der Waals surface area contributed by atoms with E-state index in [1.807, 2.05) is 0 Å². The molecule has 2 unspecified atom stereocenters. The van der Waals surface area contributed by atoms with Gasteiger partial charge in [-0.15, -0.1) is 0 Å². The molecule has 1 aliphatic rings. The molecule has 0 radical (unpaired) electrons. The van der Waals surface area contributed by atoms with Crippen molar-refractivity contribution < 1.29 is 41.8 Å². The molecule has 1 aromatic carbocycles. The van der Waals surface area contributed by atoms with Crippen molar-refractivity contribution in [2.24, 2.45) is 5.92 Å². The molecule has 2 atom stereocenters. The highest BCUT2D eigenvalue weighted by Gasteiger charge is 2.40. The van der Waals surface area contributed by atoms with E-state index in [4.69, 9.17) is 10.2 Å². The molecular formula is C14H12F5NO4. The molecule has 2 rings (SSSR count). The number of aliphatic carboxylic acids is 1. The summed E-state index contributed by atoms with van der Waals surface area (Å²) in [5.74, 6) is -5.92. The molecule has 1 heterocycles. The van der Waals surface area contributed by atoms with Crippen molar-refractivity contribution in [3.8, 4) is 0 Å². The number of nitrogens with zero attached hydrogens (tertiary/aromatic N) is 1. The Balaban J connectivity index is 2.46. The van der Waals surface area contributed by atoms with E-state index in [-0.39, 0.29) is 24.9 Å². The van der Waals surface area contributed by atoms with Gasteiger partial charge in [-0.3, -0.25) is 4.79 Å². The molecule has 0 spiro atoms. The summed E-state index contributed by atoms with van der Waals surface area (Å²) in [7, 11) is 0. The van der Waals surface area contributed by atoms with Crippen molar-refractivity contribution in [3.63, 3.8) is 0 Å². The van der Waals surface area contributed by atoms with Crippen LogP contribution in [0.15, 0.2) is 12.1 Å². The summed E-state index contributed by atoms with van der Waals surface area (Å²) in [6.07, 6.45) is -6.98. The molecule has 1 fully saturated rings. The maximum Gasteiger partial charge on any atom is 0.422 e. The third kappa shape index (κ3) is 3.41. The number of likely N-dealkylation sites (tertiary alicyclic amines) is 1. The number of piperidine rings is 1. The third-order valence-corrected chi connectivity index (χ3v) is 3.93. The molecule has 24 heavy (non-hydrogen) atoms. The number of carboxylic acid groups (broad SMARTS) is 2. The van der Waals surface area contributed by atoms with Gasteiger partial charge in [-0.2, -0.15) is 13.2 Å². The number of alkyl halides is 3. The lowest BCUT2D eigenvalue weighted by Crippen LogP contribution is -2.42. The minimum Gasteiger partial charge on any atom is -0.481 e. The molecule has 0 bridgehead atoms. The molecule has 1 aliphatic heterocycles. The van der Waals surface area contributed by atoms with E-state index in [2.05, 4.69) is 0 Å². The summed E-state index contributed by atoms with van der Waals surface area (Å²) in [6, 6.07) is -0.448. The van der Waals surface area contributed by atoms with Gasteiger partial charge in [0.05, 0.1) is 12.0 Å². The fourth-order valence-electron chi connectivity index (χ4n) is 2.79. The van der Waals surface area contributed by atoms with Crippen LogP contribution >= 0.6 is 0 Å². The standard InChI is InChI=1S/C14H12F5NO4/c15-8-3-7(4-9(16)11(8)14(17,18)19)10-5-6(12(21)22)1-2-20(10)13(23)24/h3-4,6,10H,1-2,5H2,(H,21,22)(H,23,24). The van der Waals surface area contributed by atoms with E-state index in [0.717, 1.165) is 4.90 Å². The molecule has 2 N–H and O–H groups in total. The fraction of sp³-hybridized carbons (Fsp3) is 0.429. The lowest BCUT2D eigenvalue weighted by Gasteiger charge is -2.36. The lowest BCUT2D eigenvalue weighted by molar-refractivity contribution is -0.144. The number of rotatable bonds is 2. The average molecular weight is 353 g/mol. The molecule has 0 saturated carbocycles. The van der Waals surface area contributed by atoms with Gasteiger partial charge in [0.2, 0.25) is 0 Å². The Hall–Kier alpha value is -2.39. The predicted molar refractivity (Wildman–Crippen MR) is 69.2 cm³/mol. The minimum absolute atomic E-state index is 0.00370. The Kier molecular flexibility index (Phi) is 4.68. The number of amides is 1. The van der Waals surface area contributed by atoms with Crippen molar-refractivity contribution in [3.05, 3.63) is 34.9 Å². The number of halogens is 5. The predicted octanol–water partition coefficient (Wildman–Crippen LogP) is 3.50. The molecule has 1 saturated heterocycles.